The number of rotatable bonds is 5. The van der Waals surface area contributed by atoms with Gasteiger partial charge in [0.15, 0.2) is 0 Å². The smallest absolute Gasteiger partial charge is 0.225 e. The molecule has 0 atom stereocenters. The highest BCUT2D eigenvalue weighted by molar-refractivity contribution is 5.80. The van der Waals surface area contributed by atoms with Crippen LogP contribution in [0.4, 0.5) is 0 Å². The first kappa shape index (κ1) is 19.2. The van der Waals surface area contributed by atoms with Crippen molar-refractivity contribution in [2.75, 3.05) is 45.9 Å². The third kappa shape index (κ3) is 4.93. The molecule has 0 aromatic carbocycles. The van der Waals surface area contributed by atoms with Crippen LogP contribution in [-0.2, 0) is 14.3 Å². The van der Waals surface area contributed by atoms with Crippen LogP contribution in [0.3, 0.4) is 0 Å². The molecule has 24 heavy (non-hydrogen) atoms. The Hall–Kier alpha value is -1.14. The fraction of sp³-hybridized carbons (Fsp3) is 0.889. The van der Waals surface area contributed by atoms with Crippen molar-refractivity contribution in [2.24, 2.45) is 11.8 Å². The monoisotopic (exact) mass is 339 g/mol. The highest BCUT2D eigenvalue weighted by Gasteiger charge is 2.31. The molecule has 2 aliphatic heterocycles. The zero-order valence-corrected chi connectivity index (χ0v) is 15.6. The number of nitrogens with zero attached hydrogens (tertiary/aromatic N) is 2. The minimum atomic E-state index is -0.0618. The standard InChI is InChI=1S/C18H33N3O3/c1-14(2)17(23)20-7-5-15(6-8-20)16(22)19-13-18(3,4)21-9-11-24-12-10-21/h14-15H,5-13H2,1-4H3,(H,19,22). The number of carbonyl (C=O) groups is 2. The van der Waals surface area contributed by atoms with Gasteiger partial charge < -0.3 is 15.0 Å². The molecule has 0 spiro atoms. The second kappa shape index (κ2) is 8.30. The lowest BCUT2D eigenvalue weighted by Crippen LogP contribution is -2.56. The largest absolute Gasteiger partial charge is 0.379 e. The van der Waals surface area contributed by atoms with E-state index >= 15 is 0 Å². The second-order valence-corrected chi connectivity index (χ2v) is 7.88. The number of carbonyl (C=O) groups excluding carboxylic acids is 2. The first-order chi connectivity index (χ1) is 11.3. The number of nitrogens with one attached hydrogen (secondary N) is 1. The summed E-state index contributed by atoms with van der Waals surface area (Å²) in [5.41, 5.74) is -0.0618. The summed E-state index contributed by atoms with van der Waals surface area (Å²) in [6.07, 6.45) is 1.53. The molecule has 0 aromatic heterocycles. The average molecular weight is 339 g/mol. The van der Waals surface area contributed by atoms with Crippen LogP contribution < -0.4 is 5.32 Å². The van der Waals surface area contributed by atoms with Gasteiger partial charge in [-0.1, -0.05) is 13.8 Å². The van der Waals surface area contributed by atoms with E-state index < -0.39 is 0 Å². The Morgan fingerprint density at radius 1 is 1.12 bits per heavy atom. The summed E-state index contributed by atoms with van der Waals surface area (Å²) in [5, 5.41) is 3.13. The summed E-state index contributed by atoms with van der Waals surface area (Å²) in [6.45, 7) is 13.6. The van der Waals surface area contributed by atoms with Gasteiger partial charge in [0.1, 0.15) is 0 Å². The number of amides is 2. The van der Waals surface area contributed by atoms with Gasteiger partial charge in [-0.05, 0) is 26.7 Å². The van der Waals surface area contributed by atoms with Gasteiger partial charge in [0, 0.05) is 50.1 Å². The molecular formula is C18H33N3O3. The summed E-state index contributed by atoms with van der Waals surface area (Å²) in [5.74, 6) is 0.390. The number of hydrogen-bond acceptors (Lipinski definition) is 4. The summed E-state index contributed by atoms with van der Waals surface area (Å²) >= 11 is 0. The lowest BCUT2D eigenvalue weighted by molar-refractivity contribution is -0.138. The molecule has 2 amide bonds. The average Bonchev–Trinajstić information content (AvgIpc) is 2.60. The summed E-state index contributed by atoms with van der Waals surface area (Å²) in [6, 6.07) is 0. The van der Waals surface area contributed by atoms with E-state index in [9.17, 15) is 9.59 Å². The highest BCUT2D eigenvalue weighted by Crippen LogP contribution is 2.20. The Balaban J connectivity index is 1.76. The molecule has 0 radical (unpaired) electrons. The van der Waals surface area contributed by atoms with E-state index in [1.165, 1.54) is 0 Å². The van der Waals surface area contributed by atoms with E-state index in [0.717, 1.165) is 39.1 Å². The third-order valence-electron chi connectivity index (χ3n) is 5.23. The third-order valence-corrected chi connectivity index (χ3v) is 5.23. The van der Waals surface area contributed by atoms with E-state index in [1.807, 2.05) is 18.7 Å². The fourth-order valence-electron chi connectivity index (χ4n) is 3.46. The van der Waals surface area contributed by atoms with Crippen LogP contribution in [-0.4, -0.2) is 73.1 Å². The SMILES string of the molecule is CC(C)C(=O)N1CCC(C(=O)NCC(C)(C)N2CCOCC2)CC1. The zero-order valence-electron chi connectivity index (χ0n) is 15.6. The highest BCUT2D eigenvalue weighted by atomic mass is 16.5. The van der Waals surface area contributed by atoms with Crippen LogP contribution in [0.15, 0.2) is 0 Å². The van der Waals surface area contributed by atoms with Gasteiger partial charge in [0.25, 0.3) is 0 Å². The number of ether oxygens (including phenoxy) is 1. The molecule has 6 nitrogen and oxygen atoms in total. The summed E-state index contributed by atoms with van der Waals surface area (Å²) in [7, 11) is 0. The summed E-state index contributed by atoms with van der Waals surface area (Å²) < 4.78 is 5.40. The van der Waals surface area contributed by atoms with Gasteiger partial charge in [0.2, 0.25) is 11.8 Å². The van der Waals surface area contributed by atoms with Crippen LogP contribution in [0.25, 0.3) is 0 Å². The molecule has 1 N–H and O–H groups in total. The summed E-state index contributed by atoms with van der Waals surface area (Å²) in [4.78, 5) is 28.8. The quantitative estimate of drug-likeness (QED) is 0.815. The van der Waals surface area contributed by atoms with Crippen LogP contribution in [0.5, 0.6) is 0 Å². The minimum Gasteiger partial charge on any atom is -0.379 e. The lowest BCUT2D eigenvalue weighted by Gasteiger charge is -2.41. The van der Waals surface area contributed by atoms with Gasteiger partial charge in [-0.2, -0.15) is 0 Å². The maximum Gasteiger partial charge on any atom is 0.225 e. The molecule has 0 aromatic rings. The Morgan fingerprint density at radius 3 is 2.25 bits per heavy atom. The van der Waals surface area contributed by atoms with E-state index in [2.05, 4.69) is 24.1 Å². The first-order valence-corrected chi connectivity index (χ1v) is 9.20. The topological polar surface area (TPSA) is 61.9 Å². The molecule has 2 saturated heterocycles. The molecule has 2 fully saturated rings. The molecule has 138 valence electrons. The Morgan fingerprint density at radius 2 is 1.71 bits per heavy atom. The van der Waals surface area contributed by atoms with Gasteiger partial charge in [-0.25, -0.2) is 0 Å². The molecule has 2 heterocycles. The fourth-order valence-corrected chi connectivity index (χ4v) is 3.46. The molecular weight excluding hydrogens is 306 g/mol. The van der Waals surface area contributed by atoms with Crippen molar-refractivity contribution in [1.29, 1.82) is 0 Å². The number of piperidine rings is 1. The maximum absolute atomic E-state index is 12.5. The van der Waals surface area contributed by atoms with Gasteiger partial charge in [0.05, 0.1) is 13.2 Å². The van der Waals surface area contributed by atoms with E-state index in [4.69, 9.17) is 4.74 Å². The van der Waals surface area contributed by atoms with Crippen molar-refractivity contribution in [3.05, 3.63) is 0 Å². The normalized spacial score (nSPS) is 21.1. The lowest BCUT2D eigenvalue weighted by atomic mass is 9.94. The van der Waals surface area contributed by atoms with Crippen LogP contribution in [0.2, 0.25) is 0 Å². The molecule has 0 unspecified atom stereocenters. The number of hydrogen-bond donors (Lipinski definition) is 1. The second-order valence-electron chi connectivity index (χ2n) is 7.88. The van der Waals surface area contributed by atoms with Crippen molar-refractivity contribution < 1.29 is 14.3 Å². The number of morpholine rings is 1. The van der Waals surface area contributed by atoms with Crippen molar-refractivity contribution in [3.63, 3.8) is 0 Å². The Bertz CT molecular complexity index is 437. The van der Waals surface area contributed by atoms with Gasteiger partial charge >= 0.3 is 0 Å². The molecule has 0 saturated carbocycles. The molecule has 6 heteroatoms. The molecule has 2 rings (SSSR count). The van der Waals surface area contributed by atoms with E-state index in [1.54, 1.807) is 0 Å². The predicted octanol–water partition coefficient (Wildman–Crippen LogP) is 1.11. The predicted molar refractivity (Wildman–Crippen MR) is 93.6 cm³/mol. The van der Waals surface area contributed by atoms with Crippen LogP contribution in [0.1, 0.15) is 40.5 Å². The van der Waals surface area contributed by atoms with Crippen molar-refractivity contribution in [2.45, 2.75) is 46.1 Å². The first-order valence-electron chi connectivity index (χ1n) is 9.20. The maximum atomic E-state index is 12.5. The molecule has 2 aliphatic rings. The molecule has 0 bridgehead atoms. The van der Waals surface area contributed by atoms with Crippen molar-refractivity contribution in [3.8, 4) is 0 Å². The van der Waals surface area contributed by atoms with Gasteiger partial charge in [-0.3, -0.25) is 14.5 Å². The zero-order chi connectivity index (χ0) is 17.7. The Labute approximate surface area is 145 Å². The Kier molecular flexibility index (Phi) is 6.63. The van der Waals surface area contributed by atoms with Gasteiger partial charge in [-0.15, -0.1) is 0 Å². The van der Waals surface area contributed by atoms with E-state index in [-0.39, 0.29) is 29.2 Å². The van der Waals surface area contributed by atoms with Crippen LogP contribution in [0, 0.1) is 11.8 Å². The molecule has 0 aliphatic carbocycles. The number of likely N-dealkylation sites (tertiary alicyclic amines) is 1. The minimum absolute atomic E-state index is 0.0294. The van der Waals surface area contributed by atoms with Crippen LogP contribution >= 0.6 is 0 Å². The van der Waals surface area contributed by atoms with Crippen molar-refractivity contribution >= 4 is 11.8 Å². The van der Waals surface area contributed by atoms with Crippen molar-refractivity contribution in [1.82, 2.24) is 15.1 Å². The van der Waals surface area contributed by atoms with E-state index in [0.29, 0.717) is 19.6 Å².